The first-order valence-corrected chi connectivity index (χ1v) is 8.97. The second kappa shape index (κ2) is 5.23. The van der Waals surface area contributed by atoms with E-state index in [0.717, 1.165) is 5.56 Å². The first-order chi connectivity index (χ1) is 9.90. The lowest BCUT2D eigenvalue weighted by atomic mass is 10.0. The van der Waals surface area contributed by atoms with Gasteiger partial charge in [-0.1, -0.05) is 18.2 Å². The second-order valence-corrected chi connectivity index (χ2v) is 7.92. The molecule has 1 heterocycles. The average Bonchev–Trinajstić information content (AvgIpc) is 2.76. The molecular weight excluding hydrogens is 296 g/mol. The van der Waals surface area contributed by atoms with Crippen molar-refractivity contribution in [3.63, 3.8) is 0 Å². The molecule has 21 heavy (non-hydrogen) atoms. The van der Waals surface area contributed by atoms with Crippen molar-refractivity contribution in [2.45, 2.75) is 38.0 Å². The van der Waals surface area contributed by atoms with Crippen LogP contribution in [0.2, 0.25) is 0 Å². The van der Waals surface area contributed by atoms with Crippen molar-refractivity contribution in [3.05, 3.63) is 29.8 Å². The maximum absolute atomic E-state index is 13.7. The van der Waals surface area contributed by atoms with Gasteiger partial charge in [-0.2, -0.15) is 0 Å². The van der Waals surface area contributed by atoms with Crippen LogP contribution < -0.4 is 4.31 Å². The molecule has 0 bridgehead atoms. The van der Waals surface area contributed by atoms with Gasteiger partial charge < -0.3 is 0 Å². The van der Waals surface area contributed by atoms with Crippen LogP contribution >= 0.6 is 0 Å². The Morgan fingerprint density at radius 3 is 2.76 bits per heavy atom. The molecule has 1 atom stereocenters. The molecule has 0 aromatic heterocycles. The first kappa shape index (κ1) is 14.8. The van der Waals surface area contributed by atoms with Gasteiger partial charge in [-0.15, -0.1) is 0 Å². The Hall–Kier alpha value is -1.17. The minimum absolute atomic E-state index is 0.0606. The van der Waals surface area contributed by atoms with Crippen molar-refractivity contribution in [3.8, 4) is 0 Å². The van der Waals surface area contributed by atoms with E-state index in [2.05, 4.69) is 0 Å². The SMILES string of the molecule is O=S1(=O)CCc2ccccc2N1CCC1CCCC1(F)F. The molecule has 0 amide bonds. The molecule has 0 spiro atoms. The van der Waals surface area contributed by atoms with E-state index < -0.39 is 21.9 Å². The fraction of sp³-hybridized carbons (Fsp3) is 0.600. The van der Waals surface area contributed by atoms with Gasteiger partial charge >= 0.3 is 0 Å². The lowest BCUT2D eigenvalue weighted by Gasteiger charge is -2.32. The Balaban J connectivity index is 1.80. The van der Waals surface area contributed by atoms with Crippen LogP contribution in [0.4, 0.5) is 14.5 Å². The van der Waals surface area contributed by atoms with Crippen LogP contribution in [0.25, 0.3) is 0 Å². The van der Waals surface area contributed by atoms with E-state index in [-0.39, 0.29) is 25.1 Å². The summed E-state index contributed by atoms with van der Waals surface area (Å²) in [7, 11) is -3.38. The number of hydrogen-bond acceptors (Lipinski definition) is 2. The molecule has 6 heteroatoms. The molecule has 3 rings (SSSR count). The molecule has 1 saturated carbocycles. The zero-order valence-corrected chi connectivity index (χ0v) is 12.6. The van der Waals surface area contributed by atoms with E-state index in [0.29, 0.717) is 24.9 Å². The molecule has 1 unspecified atom stereocenters. The number of halogens is 2. The highest BCUT2D eigenvalue weighted by atomic mass is 32.2. The summed E-state index contributed by atoms with van der Waals surface area (Å²) in [5.41, 5.74) is 1.63. The number of fused-ring (bicyclic) bond motifs is 1. The van der Waals surface area contributed by atoms with E-state index in [1.807, 2.05) is 12.1 Å². The topological polar surface area (TPSA) is 37.4 Å². The van der Waals surface area contributed by atoms with E-state index in [1.165, 1.54) is 4.31 Å². The van der Waals surface area contributed by atoms with Gasteiger partial charge in [0.05, 0.1) is 11.4 Å². The zero-order chi connectivity index (χ0) is 15.1. The van der Waals surface area contributed by atoms with E-state index >= 15 is 0 Å². The summed E-state index contributed by atoms with van der Waals surface area (Å²) in [5, 5.41) is 0. The van der Waals surface area contributed by atoms with Crippen molar-refractivity contribution >= 4 is 15.7 Å². The number of nitrogens with zero attached hydrogens (tertiary/aromatic N) is 1. The number of para-hydroxylation sites is 1. The van der Waals surface area contributed by atoms with Gasteiger partial charge in [0.2, 0.25) is 10.0 Å². The maximum Gasteiger partial charge on any atom is 0.251 e. The average molecular weight is 315 g/mol. The number of aryl methyl sites for hydroxylation is 1. The molecule has 3 nitrogen and oxygen atoms in total. The molecule has 0 radical (unpaired) electrons. The molecule has 0 saturated heterocycles. The fourth-order valence-corrected chi connectivity index (χ4v) is 4.91. The molecule has 1 aromatic rings. The van der Waals surface area contributed by atoms with Crippen molar-refractivity contribution in [2.75, 3.05) is 16.6 Å². The molecule has 0 N–H and O–H groups in total. The van der Waals surface area contributed by atoms with Gasteiger partial charge in [-0.3, -0.25) is 4.31 Å². The summed E-state index contributed by atoms with van der Waals surface area (Å²) in [4.78, 5) is 0. The number of hydrogen-bond donors (Lipinski definition) is 0. The molecule has 1 aliphatic carbocycles. The lowest BCUT2D eigenvalue weighted by molar-refractivity contribution is -0.0384. The van der Waals surface area contributed by atoms with Gasteiger partial charge in [0.15, 0.2) is 0 Å². The van der Waals surface area contributed by atoms with Gasteiger partial charge in [0, 0.05) is 18.9 Å². The number of rotatable bonds is 3. The summed E-state index contributed by atoms with van der Waals surface area (Å²) in [5.74, 6) is -3.27. The minimum Gasteiger partial charge on any atom is -0.270 e. The fourth-order valence-electron chi connectivity index (χ4n) is 3.35. The predicted molar refractivity (Wildman–Crippen MR) is 78.2 cm³/mol. The van der Waals surface area contributed by atoms with Crippen LogP contribution in [-0.2, 0) is 16.4 Å². The van der Waals surface area contributed by atoms with Gasteiger partial charge in [-0.05, 0) is 37.3 Å². The second-order valence-electron chi connectivity index (χ2n) is 5.91. The summed E-state index contributed by atoms with van der Waals surface area (Å²) >= 11 is 0. The van der Waals surface area contributed by atoms with Crippen molar-refractivity contribution in [2.24, 2.45) is 5.92 Å². The van der Waals surface area contributed by atoms with Crippen LogP contribution in [0, 0.1) is 5.92 Å². The van der Waals surface area contributed by atoms with Crippen LogP contribution in [0.1, 0.15) is 31.2 Å². The number of benzene rings is 1. The Kier molecular flexibility index (Phi) is 3.67. The quantitative estimate of drug-likeness (QED) is 0.859. The highest BCUT2D eigenvalue weighted by Crippen LogP contribution is 2.42. The van der Waals surface area contributed by atoms with Gasteiger partial charge in [0.1, 0.15) is 0 Å². The normalized spacial score (nSPS) is 26.6. The highest BCUT2D eigenvalue weighted by molar-refractivity contribution is 7.92. The van der Waals surface area contributed by atoms with Crippen molar-refractivity contribution < 1.29 is 17.2 Å². The largest absolute Gasteiger partial charge is 0.270 e. The summed E-state index contributed by atoms with van der Waals surface area (Å²) in [6.07, 6.45) is 1.67. The van der Waals surface area contributed by atoms with Crippen LogP contribution in [0.5, 0.6) is 0 Å². The summed E-state index contributed by atoms with van der Waals surface area (Å²) in [6, 6.07) is 7.33. The first-order valence-electron chi connectivity index (χ1n) is 7.36. The van der Waals surface area contributed by atoms with Crippen molar-refractivity contribution in [1.82, 2.24) is 0 Å². The monoisotopic (exact) mass is 315 g/mol. The minimum atomic E-state index is -3.38. The number of anilines is 1. The Bertz CT molecular complexity index is 630. The highest BCUT2D eigenvalue weighted by Gasteiger charge is 2.44. The third kappa shape index (κ3) is 2.78. The number of sulfonamides is 1. The Labute approximate surface area is 124 Å². The van der Waals surface area contributed by atoms with Crippen molar-refractivity contribution in [1.29, 1.82) is 0 Å². The summed E-state index contributed by atoms with van der Waals surface area (Å²) in [6.45, 7) is 0.152. The van der Waals surface area contributed by atoms with Gasteiger partial charge in [0.25, 0.3) is 5.92 Å². The molecule has 1 aromatic carbocycles. The van der Waals surface area contributed by atoms with E-state index in [1.54, 1.807) is 12.1 Å². The Morgan fingerprint density at radius 1 is 1.29 bits per heavy atom. The Morgan fingerprint density at radius 2 is 2.05 bits per heavy atom. The standard InChI is InChI=1S/C15H19F2NO2S/c16-15(17)9-3-5-13(15)7-10-18-14-6-2-1-4-12(14)8-11-21(18,19)20/h1-2,4,6,13H,3,5,7-11H2. The van der Waals surface area contributed by atoms with Gasteiger partial charge in [-0.25, -0.2) is 17.2 Å². The lowest BCUT2D eigenvalue weighted by Crippen LogP contribution is -2.40. The van der Waals surface area contributed by atoms with Crippen LogP contribution in [-0.4, -0.2) is 26.6 Å². The zero-order valence-electron chi connectivity index (χ0n) is 11.8. The maximum atomic E-state index is 13.7. The molecule has 116 valence electrons. The predicted octanol–water partition coefficient (Wildman–Crippen LogP) is 3.20. The molecular formula is C15H19F2NO2S. The molecule has 2 aliphatic rings. The number of alkyl halides is 2. The van der Waals surface area contributed by atoms with Crippen LogP contribution in [0.15, 0.2) is 24.3 Å². The van der Waals surface area contributed by atoms with Crippen LogP contribution in [0.3, 0.4) is 0 Å². The van der Waals surface area contributed by atoms with E-state index in [9.17, 15) is 17.2 Å². The third-order valence-electron chi connectivity index (χ3n) is 4.57. The third-order valence-corrected chi connectivity index (χ3v) is 6.34. The van der Waals surface area contributed by atoms with E-state index in [4.69, 9.17) is 0 Å². The molecule has 1 aliphatic heterocycles. The smallest absolute Gasteiger partial charge is 0.251 e. The summed E-state index contributed by atoms with van der Waals surface area (Å²) < 4.78 is 53.2. The molecule has 1 fully saturated rings.